The van der Waals surface area contributed by atoms with Gasteiger partial charge in [-0.3, -0.25) is 4.79 Å². The van der Waals surface area contributed by atoms with Crippen LogP contribution in [0.5, 0.6) is 0 Å². The van der Waals surface area contributed by atoms with Crippen molar-refractivity contribution in [1.29, 1.82) is 0 Å². The SMILES string of the molecule is CCC(C)(C(C)(C)C)C(C)(C)C(=O)O. The molecule has 0 saturated carbocycles. The van der Waals surface area contributed by atoms with E-state index in [-0.39, 0.29) is 10.8 Å². The second-order valence-corrected chi connectivity index (χ2v) is 5.87. The van der Waals surface area contributed by atoms with E-state index in [2.05, 4.69) is 34.6 Å². The fraction of sp³-hybridized carbons (Fsp3) is 0.917. The lowest BCUT2D eigenvalue weighted by Crippen LogP contribution is -2.49. The summed E-state index contributed by atoms with van der Waals surface area (Å²) in [6.07, 6.45) is 0.871. The predicted molar refractivity (Wildman–Crippen MR) is 59.3 cm³/mol. The highest BCUT2D eigenvalue weighted by Crippen LogP contribution is 2.53. The van der Waals surface area contributed by atoms with Gasteiger partial charge < -0.3 is 5.11 Å². The number of carboxylic acids is 1. The first-order chi connectivity index (χ1) is 6.00. The Kier molecular flexibility index (Phi) is 3.42. The van der Waals surface area contributed by atoms with Gasteiger partial charge in [-0.1, -0.05) is 34.6 Å². The second-order valence-electron chi connectivity index (χ2n) is 5.87. The van der Waals surface area contributed by atoms with Crippen molar-refractivity contribution in [2.45, 2.75) is 54.9 Å². The Bertz CT molecular complexity index is 223. The number of rotatable bonds is 3. The van der Waals surface area contributed by atoms with Crippen LogP contribution in [0, 0.1) is 16.2 Å². The van der Waals surface area contributed by atoms with Crippen molar-refractivity contribution in [3.05, 3.63) is 0 Å². The minimum Gasteiger partial charge on any atom is -0.481 e. The molecule has 0 rings (SSSR count). The van der Waals surface area contributed by atoms with Crippen LogP contribution in [-0.4, -0.2) is 11.1 Å². The maximum Gasteiger partial charge on any atom is 0.309 e. The van der Waals surface area contributed by atoms with Gasteiger partial charge in [-0.15, -0.1) is 0 Å². The highest BCUT2D eigenvalue weighted by atomic mass is 16.4. The largest absolute Gasteiger partial charge is 0.481 e. The zero-order valence-electron chi connectivity index (χ0n) is 10.6. The van der Waals surface area contributed by atoms with Gasteiger partial charge in [0.1, 0.15) is 0 Å². The minimum absolute atomic E-state index is 0.0103. The molecule has 0 fully saturated rings. The molecule has 0 aliphatic carbocycles. The van der Waals surface area contributed by atoms with E-state index in [4.69, 9.17) is 0 Å². The number of hydrogen-bond acceptors (Lipinski definition) is 1. The molecule has 1 atom stereocenters. The normalized spacial score (nSPS) is 17.6. The Labute approximate surface area is 87.7 Å². The molecule has 0 saturated heterocycles. The van der Waals surface area contributed by atoms with Gasteiger partial charge in [0, 0.05) is 0 Å². The Morgan fingerprint density at radius 3 is 1.50 bits per heavy atom. The number of hydrogen-bond donors (Lipinski definition) is 1. The van der Waals surface area contributed by atoms with Gasteiger partial charge in [0.25, 0.3) is 0 Å². The number of aliphatic carboxylic acids is 1. The van der Waals surface area contributed by atoms with Crippen LogP contribution in [0.4, 0.5) is 0 Å². The van der Waals surface area contributed by atoms with E-state index in [1.165, 1.54) is 0 Å². The zero-order valence-corrected chi connectivity index (χ0v) is 10.6. The van der Waals surface area contributed by atoms with E-state index < -0.39 is 11.4 Å². The van der Waals surface area contributed by atoms with Crippen molar-refractivity contribution in [3.8, 4) is 0 Å². The van der Waals surface area contributed by atoms with Gasteiger partial charge in [0.2, 0.25) is 0 Å². The highest BCUT2D eigenvalue weighted by molar-refractivity contribution is 5.74. The van der Waals surface area contributed by atoms with E-state index in [0.29, 0.717) is 0 Å². The molecule has 0 aliphatic heterocycles. The summed E-state index contributed by atoms with van der Waals surface area (Å²) in [4.78, 5) is 11.3. The van der Waals surface area contributed by atoms with Crippen molar-refractivity contribution in [2.24, 2.45) is 16.2 Å². The molecule has 0 aromatic rings. The summed E-state index contributed by atoms with van der Waals surface area (Å²) in [5.41, 5.74) is -0.907. The second kappa shape index (κ2) is 3.56. The maximum atomic E-state index is 11.3. The van der Waals surface area contributed by atoms with Gasteiger partial charge in [0.15, 0.2) is 0 Å². The molecule has 0 bridgehead atoms. The van der Waals surface area contributed by atoms with Crippen LogP contribution in [0.1, 0.15) is 54.9 Å². The molecule has 0 heterocycles. The lowest BCUT2D eigenvalue weighted by Gasteiger charge is -2.50. The number of carbonyl (C=O) groups is 1. The first-order valence-corrected chi connectivity index (χ1v) is 5.24. The summed E-state index contributed by atoms with van der Waals surface area (Å²) < 4.78 is 0. The van der Waals surface area contributed by atoms with Crippen LogP contribution in [0.25, 0.3) is 0 Å². The molecule has 0 aliphatic rings. The van der Waals surface area contributed by atoms with Gasteiger partial charge in [-0.25, -0.2) is 0 Å². The van der Waals surface area contributed by atoms with Crippen LogP contribution in [0.2, 0.25) is 0 Å². The van der Waals surface area contributed by atoms with E-state index in [1.807, 2.05) is 13.8 Å². The quantitative estimate of drug-likeness (QED) is 0.756. The van der Waals surface area contributed by atoms with Gasteiger partial charge >= 0.3 is 5.97 Å². The first-order valence-electron chi connectivity index (χ1n) is 5.24. The molecule has 0 aromatic heterocycles. The minimum atomic E-state index is -0.711. The van der Waals surface area contributed by atoms with Gasteiger partial charge in [0.05, 0.1) is 5.41 Å². The summed E-state index contributed by atoms with van der Waals surface area (Å²) in [5, 5.41) is 9.27. The van der Waals surface area contributed by atoms with Crippen molar-refractivity contribution in [2.75, 3.05) is 0 Å². The molecule has 1 unspecified atom stereocenters. The third kappa shape index (κ3) is 1.79. The Morgan fingerprint density at radius 1 is 1.07 bits per heavy atom. The molecular formula is C12H24O2. The fourth-order valence-electron chi connectivity index (χ4n) is 2.15. The average Bonchev–Trinajstić information content (AvgIpc) is 2.00. The van der Waals surface area contributed by atoms with E-state index >= 15 is 0 Å². The standard InChI is InChI=1S/C12H24O2/c1-8-12(7,10(2,3)4)11(5,6)9(13)14/h8H2,1-7H3,(H,13,14). The Morgan fingerprint density at radius 2 is 1.43 bits per heavy atom. The smallest absolute Gasteiger partial charge is 0.309 e. The van der Waals surface area contributed by atoms with Gasteiger partial charge in [-0.05, 0) is 31.1 Å². The fourth-order valence-corrected chi connectivity index (χ4v) is 2.15. The number of carboxylic acid groups (broad SMARTS) is 1. The van der Waals surface area contributed by atoms with Crippen molar-refractivity contribution >= 4 is 5.97 Å². The molecule has 14 heavy (non-hydrogen) atoms. The van der Waals surface area contributed by atoms with Crippen molar-refractivity contribution in [3.63, 3.8) is 0 Å². The summed E-state index contributed by atoms with van der Waals surface area (Å²) >= 11 is 0. The summed E-state index contributed by atoms with van der Waals surface area (Å²) in [5.74, 6) is -0.711. The van der Waals surface area contributed by atoms with E-state index in [1.54, 1.807) is 0 Å². The summed E-state index contributed by atoms with van der Waals surface area (Å²) in [6.45, 7) is 14.1. The lowest BCUT2D eigenvalue weighted by atomic mass is 9.53. The monoisotopic (exact) mass is 200 g/mol. The Hall–Kier alpha value is -0.530. The average molecular weight is 200 g/mol. The third-order valence-corrected chi connectivity index (χ3v) is 4.28. The van der Waals surface area contributed by atoms with E-state index in [0.717, 1.165) is 6.42 Å². The molecular weight excluding hydrogens is 176 g/mol. The molecule has 0 spiro atoms. The Balaban J connectivity index is 5.36. The third-order valence-electron chi connectivity index (χ3n) is 4.28. The maximum absolute atomic E-state index is 11.3. The van der Waals surface area contributed by atoms with Gasteiger partial charge in [-0.2, -0.15) is 0 Å². The molecule has 2 nitrogen and oxygen atoms in total. The molecule has 0 aromatic carbocycles. The van der Waals surface area contributed by atoms with Crippen LogP contribution >= 0.6 is 0 Å². The van der Waals surface area contributed by atoms with Crippen molar-refractivity contribution in [1.82, 2.24) is 0 Å². The van der Waals surface area contributed by atoms with Crippen molar-refractivity contribution < 1.29 is 9.90 Å². The molecule has 2 heteroatoms. The van der Waals surface area contributed by atoms with Crippen LogP contribution < -0.4 is 0 Å². The topological polar surface area (TPSA) is 37.3 Å². The van der Waals surface area contributed by atoms with Crippen LogP contribution in [-0.2, 0) is 4.79 Å². The first kappa shape index (κ1) is 13.5. The molecule has 0 radical (unpaired) electrons. The molecule has 1 N–H and O–H groups in total. The summed E-state index contributed by atoms with van der Waals surface area (Å²) in [6, 6.07) is 0. The van der Waals surface area contributed by atoms with Crippen LogP contribution in [0.3, 0.4) is 0 Å². The highest BCUT2D eigenvalue weighted by Gasteiger charge is 2.51. The summed E-state index contributed by atoms with van der Waals surface area (Å²) in [7, 11) is 0. The lowest BCUT2D eigenvalue weighted by molar-refractivity contribution is -0.161. The van der Waals surface area contributed by atoms with E-state index in [9.17, 15) is 9.90 Å². The molecule has 84 valence electrons. The van der Waals surface area contributed by atoms with Crippen LogP contribution in [0.15, 0.2) is 0 Å². The predicted octanol–water partition coefficient (Wildman–Crippen LogP) is 3.56. The zero-order chi connectivity index (χ0) is 11.8. The molecule has 0 amide bonds.